The van der Waals surface area contributed by atoms with Crippen LogP contribution >= 0.6 is 11.8 Å². The predicted molar refractivity (Wildman–Crippen MR) is 74.4 cm³/mol. The fourth-order valence-corrected chi connectivity index (χ4v) is 3.54. The first kappa shape index (κ1) is 13.0. The molecule has 1 aliphatic rings. The number of aryl methyl sites for hydroxylation is 1. The fraction of sp³-hybridized carbons (Fsp3) is 0.769. The van der Waals surface area contributed by atoms with E-state index in [2.05, 4.69) is 32.9 Å². The summed E-state index contributed by atoms with van der Waals surface area (Å²) in [5.41, 5.74) is 0. The second kappa shape index (κ2) is 6.45. The molecular formula is C13H23N3S. The Kier molecular flexibility index (Phi) is 4.92. The van der Waals surface area contributed by atoms with Crippen molar-refractivity contribution >= 4 is 11.8 Å². The number of hydrogen-bond acceptors (Lipinski definition) is 3. The van der Waals surface area contributed by atoms with Crippen LogP contribution in [0.5, 0.6) is 0 Å². The first-order valence-electron chi connectivity index (χ1n) is 6.56. The van der Waals surface area contributed by atoms with E-state index in [-0.39, 0.29) is 0 Å². The summed E-state index contributed by atoms with van der Waals surface area (Å²) in [5, 5.41) is 3.63. The molecule has 0 aliphatic heterocycles. The molecule has 0 bridgehead atoms. The van der Waals surface area contributed by atoms with E-state index >= 15 is 0 Å². The molecule has 1 fully saturated rings. The minimum atomic E-state index is 0.537. The third-order valence-electron chi connectivity index (χ3n) is 3.72. The third-order valence-corrected chi connectivity index (χ3v) is 5.14. The van der Waals surface area contributed by atoms with E-state index in [4.69, 9.17) is 0 Å². The van der Waals surface area contributed by atoms with Gasteiger partial charge in [0, 0.05) is 30.2 Å². The Morgan fingerprint density at radius 1 is 1.41 bits per heavy atom. The van der Waals surface area contributed by atoms with Gasteiger partial charge in [0.05, 0.1) is 6.33 Å². The summed E-state index contributed by atoms with van der Waals surface area (Å²) >= 11 is 2.06. The van der Waals surface area contributed by atoms with Gasteiger partial charge in [0.2, 0.25) is 0 Å². The van der Waals surface area contributed by atoms with Gasteiger partial charge in [0.15, 0.2) is 0 Å². The summed E-state index contributed by atoms with van der Waals surface area (Å²) in [6.07, 6.45) is 14.8. The minimum absolute atomic E-state index is 0.537. The molecule has 0 radical (unpaired) electrons. The molecule has 0 saturated heterocycles. The largest absolute Gasteiger partial charge is 0.337 e. The molecule has 1 aliphatic carbocycles. The van der Waals surface area contributed by atoms with Crippen molar-refractivity contribution < 1.29 is 0 Å². The van der Waals surface area contributed by atoms with Crippen LogP contribution in [0.15, 0.2) is 18.7 Å². The van der Waals surface area contributed by atoms with Gasteiger partial charge in [0.1, 0.15) is 0 Å². The second-order valence-corrected chi connectivity index (χ2v) is 6.20. The molecule has 0 amide bonds. The maximum atomic E-state index is 4.05. The highest BCUT2D eigenvalue weighted by Crippen LogP contribution is 2.39. The Bertz CT molecular complexity index is 304. The summed E-state index contributed by atoms with van der Waals surface area (Å²) in [6.45, 7) is 3.36. The van der Waals surface area contributed by atoms with Gasteiger partial charge in [-0.25, -0.2) is 4.98 Å². The van der Waals surface area contributed by atoms with Crippen molar-refractivity contribution in [1.82, 2.24) is 14.9 Å². The number of rotatable bonds is 7. The van der Waals surface area contributed by atoms with Crippen LogP contribution in [0, 0.1) is 0 Å². The van der Waals surface area contributed by atoms with Gasteiger partial charge in [-0.1, -0.05) is 12.8 Å². The lowest BCUT2D eigenvalue weighted by atomic mass is 10.1. The van der Waals surface area contributed by atoms with Gasteiger partial charge in [-0.15, -0.1) is 0 Å². The fourth-order valence-electron chi connectivity index (χ4n) is 2.59. The summed E-state index contributed by atoms with van der Waals surface area (Å²) < 4.78 is 2.68. The van der Waals surface area contributed by atoms with Gasteiger partial charge >= 0.3 is 0 Å². The van der Waals surface area contributed by atoms with Crippen molar-refractivity contribution in [3.05, 3.63) is 18.7 Å². The second-order valence-electron chi connectivity index (χ2n) is 4.93. The SMILES string of the molecule is CSC1(CNCCCn2ccnc2)CCCC1. The monoisotopic (exact) mass is 253 g/mol. The quantitative estimate of drug-likeness (QED) is 0.757. The molecule has 96 valence electrons. The first-order chi connectivity index (χ1) is 8.35. The predicted octanol–water partition coefficient (Wildman–Crippen LogP) is 2.54. The van der Waals surface area contributed by atoms with Crippen molar-refractivity contribution in [2.75, 3.05) is 19.3 Å². The van der Waals surface area contributed by atoms with Crippen LogP contribution in [0.25, 0.3) is 0 Å². The Hall–Kier alpha value is -0.480. The molecule has 1 saturated carbocycles. The third kappa shape index (κ3) is 3.75. The minimum Gasteiger partial charge on any atom is -0.337 e. The van der Waals surface area contributed by atoms with Crippen molar-refractivity contribution in [3.8, 4) is 0 Å². The number of nitrogens with one attached hydrogen (secondary N) is 1. The van der Waals surface area contributed by atoms with Crippen LogP contribution in [0.4, 0.5) is 0 Å². The molecule has 1 heterocycles. The zero-order valence-corrected chi connectivity index (χ0v) is 11.5. The lowest BCUT2D eigenvalue weighted by Crippen LogP contribution is -2.35. The lowest BCUT2D eigenvalue weighted by molar-refractivity contribution is 0.510. The van der Waals surface area contributed by atoms with E-state index in [0.717, 1.165) is 13.1 Å². The Balaban J connectivity index is 1.59. The van der Waals surface area contributed by atoms with Gasteiger partial charge in [-0.05, 0) is 32.1 Å². The van der Waals surface area contributed by atoms with Gasteiger partial charge < -0.3 is 9.88 Å². The van der Waals surface area contributed by atoms with Crippen molar-refractivity contribution in [2.45, 2.75) is 43.4 Å². The molecule has 1 N–H and O–H groups in total. The van der Waals surface area contributed by atoms with E-state index in [1.54, 1.807) is 0 Å². The van der Waals surface area contributed by atoms with E-state index in [9.17, 15) is 0 Å². The van der Waals surface area contributed by atoms with Gasteiger partial charge in [-0.2, -0.15) is 11.8 Å². The zero-order valence-electron chi connectivity index (χ0n) is 10.7. The first-order valence-corrected chi connectivity index (χ1v) is 7.79. The normalized spacial score (nSPS) is 18.6. The average molecular weight is 253 g/mol. The van der Waals surface area contributed by atoms with E-state index < -0.39 is 0 Å². The molecule has 0 aromatic carbocycles. The van der Waals surface area contributed by atoms with Crippen molar-refractivity contribution in [1.29, 1.82) is 0 Å². The van der Waals surface area contributed by atoms with Crippen LogP contribution in [0.2, 0.25) is 0 Å². The molecule has 17 heavy (non-hydrogen) atoms. The number of hydrogen-bond donors (Lipinski definition) is 1. The highest BCUT2D eigenvalue weighted by molar-refractivity contribution is 8.00. The van der Waals surface area contributed by atoms with Crippen LogP contribution in [0.3, 0.4) is 0 Å². The van der Waals surface area contributed by atoms with E-state index in [1.807, 2.05) is 18.7 Å². The Morgan fingerprint density at radius 3 is 2.88 bits per heavy atom. The topological polar surface area (TPSA) is 29.9 Å². The summed E-state index contributed by atoms with van der Waals surface area (Å²) in [6, 6.07) is 0. The lowest BCUT2D eigenvalue weighted by Gasteiger charge is -2.27. The average Bonchev–Trinajstić information content (AvgIpc) is 3.00. The van der Waals surface area contributed by atoms with Gasteiger partial charge in [-0.3, -0.25) is 0 Å². The highest BCUT2D eigenvalue weighted by Gasteiger charge is 2.32. The zero-order chi connectivity index (χ0) is 12.0. The molecule has 0 spiro atoms. The molecule has 0 unspecified atom stereocenters. The van der Waals surface area contributed by atoms with Crippen LogP contribution < -0.4 is 5.32 Å². The summed E-state index contributed by atoms with van der Waals surface area (Å²) in [5.74, 6) is 0. The highest BCUT2D eigenvalue weighted by atomic mass is 32.2. The maximum Gasteiger partial charge on any atom is 0.0945 e. The molecule has 2 rings (SSSR count). The van der Waals surface area contributed by atoms with Crippen LogP contribution in [-0.2, 0) is 6.54 Å². The molecular weight excluding hydrogens is 230 g/mol. The number of nitrogens with zero attached hydrogens (tertiary/aromatic N) is 2. The van der Waals surface area contributed by atoms with Crippen molar-refractivity contribution in [2.24, 2.45) is 0 Å². The number of imidazole rings is 1. The van der Waals surface area contributed by atoms with Crippen LogP contribution in [0.1, 0.15) is 32.1 Å². The standard InChI is InChI=1S/C13H23N3S/c1-17-13(5-2-3-6-13)11-14-7-4-9-16-10-8-15-12-16/h8,10,12,14H,2-7,9,11H2,1H3. The summed E-state index contributed by atoms with van der Waals surface area (Å²) in [4.78, 5) is 4.05. The number of aromatic nitrogens is 2. The molecule has 3 nitrogen and oxygen atoms in total. The summed E-state index contributed by atoms with van der Waals surface area (Å²) in [7, 11) is 0. The van der Waals surface area contributed by atoms with Gasteiger partial charge in [0.25, 0.3) is 0 Å². The number of thioether (sulfide) groups is 1. The van der Waals surface area contributed by atoms with Crippen molar-refractivity contribution in [3.63, 3.8) is 0 Å². The van der Waals surface area contributed by atoms with E-state index in [0.29, 0.717) is 4.75 Å². The smallest absolute Gasteiger partial charge is 0.0945 e. The van der Waals surface area contributed by atoms with Crippen LogP contribution in [-0.4, -0.2) is 33.6 Å². The molecule has 0 atom stereocenters. The Labute approximate surface area is 108 Å². The molecule has 4 heteroatoms. The Morgan fingerprint density at radius 2 is 2.24 bits per heavy atom. The maximum absolute atomic E-state index is 4.05. The molecule has 1 aromatic heterocycles. The van der Waals surface area contributed by atoms with E-state index in [1.165, 1.54) is 38.6 Å². The molecule has 1 aromatic rings.